The van der Waals surface area contributed by atoms with E-state index in [1.165, 1.54) is 22.6 Å². The lowest BCUT2D eigenvalue weighted by atomic mass is 10.2. The van der Waals surface area contributed by atoms with E-state index in [0.29, 0.717) is 32.0 Å². The highest BCUT2D eigenvalue weighted by Crippen LogP contribution is 2.19. The van der Waals surface area contributed by atoms with Crippen molar-refractivity contribution in [1.82, 2.24) is 9.29 Å². The van der Waals surface area contributed by atoms with Crippen molar-refractivity contribution in [2.45, 2.75) is 6.92 Å². The summed E-state index contributed by atoms with van der Waals surface area (Å²) < 4.78 is 24.9. The summed E-state index contributed by atoms with van der Waals surface area (Å²) in [6, 6.07) is 2.97. The van der Waals surface area contributed by atoms with Crippen molar-refractivity contribution in [3.05, 3.63) is 23.9 Å². The first kappa shape index (κ1) is 14.7. The van der Waals surface area contributed by atoms with Gasteiger partial charge in [-0.3, -0.25) is 0 Å². The van der Waals surface area contributed by atoms with Gasteiger partial charge in [0.2, 0.25) is 10.0 Å². The summed E-state index contributed by atoms with van der Waals surface area (Å²) in [4.78, 5) is 16.9. The molecule has 1 aliphatic rings. The Kier molecular flexibility index (Phi) is 4.24. The Balaban J connectivity index is 2.14. The monoisotopic (exact) mass is 298 g/mol. The summed E-state index contributed by atoms with van der Waals surface area (Å²) in [7, 11) is -3.20. The summed E-state index contributed by atoms with van der Waals surface area (Å²) in [5.41, 5.74) is 0.0271. The molecule has 1 aromatic heterocycles. The van der Waals surface area contributed by atoms with E-state index >= 15 is 0 Å². The highest BCUT2D eigenvalue weighted by atomic mass is 32.2. The molecule has 0 N–H and O–H groups in total. The zero-order valence-corrected chi connectivity index (χ0v) is 12.0. The maximum Gasteiger partial charge on any atom is 0.213 e. The van der Waals surface area contributed by atoms with Crippen LogP contribution in [-0.2, 0) is 10.0 Å². The lowest BCUT2D eigenvalue weighted by Gasteiger charge is -2.35. The van der Waals surface area contributed by atoms with Crippen LogP contribution in [0.1, 0.15) is 17.3 Å². The number of sulfonamides is 1. The van der Waals surface area contributed by atoms with Gasteiger partial charge in [-0.1, -0.05) is 0 Å². The third-order valence-corrected chi connectivity index (χ3v) is 5.18. The van der Waals surface area contributed by atoms with Gasteiger partial charge in [0.1, 0.15) is 5.82 Å². The molecule has 110 valence electrons. The number of piperazine rings is 1. The molecule has 0 spiro atoms. The normalized spacial score (nSPS) is 17.1. The Labute approximate surface area is 117 Å². The van der Waals surface area contributed by atoms with Crippen LogP contribution in [0.25, 0.3) is 0 Å². The third-order valence-electron chi connectivity index (χ3n) is 3.30. The molecule has 8 heteroatoms. The van der Waals surface area contributed by atoms with Crippen LogP contribution in [0.2, 0.25) is 0 Å². The highest BCUT2D eigenvalue weighted by Gasteiger charge is 2.26. The van der Waals surface area contributed by atoms with Crippen LogP contribution in [0.4, 0.5) is 5.82 Å². The Morgan fingerprint density at radius 3 is 2.55 bits per heavy atom. The summed E-state index contributed by atoms with van der Waals surface area (Å²) in [6.07, 6.45) is 1.51. The molecule has 1 fully saturated rings. The second kappa shape index (κ2) is 5.76. The van der Waals surface area contributed by atoms with Crippen LogP contribution in [0.5, 0.6) is 0 Å². The SMILES string of the molecule is CCS(=O)(=O)N1CCN(c2ncccc2C(=O)[O-])CC1. The number of carboxylic acids is 1. The summed E-state index contributed by atoms with van der Waals surface area (Å²) >= 11 is 0. The topological polar surface area (TPSA) is 93.6 Å². The number of carbonyl (C=O) groups excluding carboxylic acids is 1. The van der Waals surface area contributed by atoms with Gasteiger partial charge in [0, 0.05) is 37.9 Å². The zero-order valence-electron chi connectivity index (χ0n) is 11.2. The number of rotatable bonds is 4. The first-order chi connectivity index (χ1) is 9.45. The van der Waals surface area contributed by atoms with Crippen molar-refractivity contribution in [1.29, 1.82) is 0 Å². The standard InChI is InChI=1S/C12H17N3O4S/c1-2-20(18,19)15-8-6-14(7-9-15)11-10(12(16)17)4-3-5-13-11/h3-5H,2,6-9H2,1H3,(H,16,17)/p-1. The Hall–Kier alpha value is -1.67. The molecule has 0 saturated carbocycles. The minimum absolute atomic E-state index is 0.0271. The van der Waals surface area contributed by atoms with Gasteiger partial charge in [-0.25, -0.2) is 13.4 Å². The summed E-state index contributed by atoms with van der Waals surface area (Å²) in [6.45, 7) is 3.10. The third kappa shape index (κ3) is 2.91. The number of pyridine rings is 1. The first-order valence-electron chi connectivity index (χ1n) is 6.35. The van der Waals surface area contributed by atoms with E-state index in [4.69, 9.17) is 0 Å². The molecule has 1 aliphatic heterocycles. The summed E-state index contributed by atoms with van der Waals surface area (Å²) in [5, 5.41) is 11.1. The Morgan fingerprint density at radius 2 is 2.00 bits per heavy atom. The molecular weight excluding hydrogens is 282 g/mol. The maximum absolute atomic E-state index is 11.8. The Morgan fingerprint density at radius 1 is 1.35 bits per heavy atom. The Bertz CT molecular complexity index is 594. The minimum Gasteiger partial charge on any atom is -0.545 e. The van der Waals surface area contributed by atoms with E-state index in [2.05, 4.69) is 4.98 Å². The zero-order chi connectivity index (χ0) is 14.8. The predicted molar refractivity (Wildman–Crippen MR) is 71.8 cm³/mol. The van der Waals surface area contributed by atoms with Gasteiger partial charge in [-0.05, 0) is 19.1 Å². The van der Waals surface area contributed by atoms with Gasteiger partial charge in [0.25, 0.3) is 0 Å². The average Bonchev–Trinajstić information content (AvgIpc) is 2.47. The highest BCUT2D eigenvalue weighted by molar-refractivity contribution is 7.89. The number of nitrogens with zero attached hydrogens (tertiary/aromatic N) is 3. The molecule has 1 aromatic rings. The van der Waals surface area contributed by atoms with Crippen molar-refractivity contribution in [2.75, 3.05) is 36.8 Å². The molecule has 2 rings (SSSR count). The fourth-order valence-corrected chi connectivity index (χ4v) is 3.25. The van der Waals surface area contributed by atoms with Crippen molar-refractivity contribution in [2.24, 2.45) is 0 Å². The van der Waals surface area contributed by atoms with Crippen molar-refractivity contribution in [3.8, 4) is 0 Å². The molecule has 0 aliphatic carbocycles. The second-order valence-electron chi connectivity index (χ2n) is 4.45. The van der Waals surface area contributed by atoms with E-state index in [1.807, 2.05) is 0 Å². The lowest BCUT2D eigenvalue weighted by Crippen LogP contribution is -2.49. The average molecular weight is 298 g/mol. The van der Waals surface area contributed by atoms with Crippen LogP contribution >= 0.6 is 0 Å². The maximum atomic E-state index is 11.8. The minimum atomic E-state index is -3.20. The van der Waals surface area contributed by atoms with Crippen LogP contribution in [0, 0.1) is 0 Å². The van der Waals surface area contributed by atoms with E-state index in [-0.39, 0.29) is 11.3 Å². The lowest BCUT2D eigenvalue weighted by molar-refractivity contribution is -0.255. The number of aromatic nitrogens is 1. The van der Waals surface area contributed by atoms with Crippen LogP contribution in [-0.4, -0.2) is 55.6 Å². The van der Waals surface area contributed by atoms with Crippen molar-refractivity contribution in [3.63, 3.8) is 0 Å². The smallest absolute Gasteiger partial charge is 0.213 e. The van der Waals surface area contributed by atoms with Crippen LogP contribution in [0.3, 0.4) is 0 Å². The molecule has 2 heterocycles. The molecule has 0 aromatic carbocycles. The van der Waals surface area contributed by atoms with Gasteiger partial charge in [0.15, 0.2) is 0 Å². The number of aromatic carboxylic acids is 1. The number of carbonyl (C=O) groups is 1. The molecule has 0 unspecified atom stereocenters. The molecule has 0 amide bonds. The van der Waals surface area contributed by atoms with Crippen molar-refractivity contribution >= 4 is 21.8 Å². The van der Waals surface area contributed by atoms with Gasteiger partial charge in [-0.15, -0.1) is 0 Å². The summed E-state index contributed by atoms with van der Waals surface area (Å²) in [5.74, 6) is -0.876. The molecule has 7 nitrogen and oxygen atoms in total. The second-order valence-corrected chi connectivity index (χ2v) is 6.71. The number of hydrogen-bond donors (Lipinski definition) is 0. The van der Waals surface area contributed by atoms with Gasteiger partial charge >= 0.3 is 0 Å². The van der Waals surface area contributed by atoms with Gasteiger partial charge in [0.05, 0.1) is 11.7 Å². The van der Waals surface area contributed by atoms with E-state index in [1.54, 1.807) is 11.8 Å². The number of carboxylic acid groups (broad SMARTS) is 1. The van der Waals surface area contributed by atoms with E-state index < -0.39 is 16.0 Å². The molecule has 0 atom stereocenters. The fourth-order valence-electron chi connectivity index (χ4n) is 2.17. The van der Waals surface area contributed by atoms with Crippen LogP contribution in [0.15, 0.2) is 18.3 Å². The predicted octanol–water partition coefficient (Wildman–Crippen LogP) is -1.08. The largest absolute Gasteiger partial charge is 0.545 e. The number of anilines is 1. The molecule has 0 radical (unpaired) electrons. The van der Waals surface area contributed by atoms with Gasteiger partial charge < -0.3 is 14.8 Å². The number of hydrogen-bond acceptors (Lipinski definition) is 6. The molecule has 0 bridgehead atoms. The molecule has 1 saturated heterocycles. The molecular formula is C12H16N3O4S-. The van der Waals surface area contributed by atoms with E-state index in [0.717, 1.165) is 0 Å². The fraction of sp³-hybridized carbons (Fsp3) is 0.500. The molecule has 20 heavy (non-hydrogen) atoms. The first-order valence-corrected chi connectivity index (χ1v) is 7.95. The van der Waals surface area contributed by atoms with Crippen molar-refractivity contribution < 1.29 is 18.3 Å². The van der Waals surface area contributed by atoms with E-state index in [9.17, 15) is 18.3 Å². The quantitative estimate of drug-likeness (QED) is 0.701. The van der Waals surface area contributed by atoms with Crippen LogP contribution < -0.4 is 10.0 Å². The van der Waals surface area contributed by atoms with Gasteiger partial charge in [-0.2, -0.15) is 4.31 Å².